The Labute approximate surface area is 109 Å². The number of nitrogens with one attached hydrogen (secondary N) is 1. The molecule has 1 saturated heterocycles. The fourth-order valence-electron chi connectivity index (χ4n) is 2.43. The van der Waals surface area contributed by atoms with E-state index in [0.717, 1.165) is 45.6 Å². The van der Waals surface area contributed by atoms with Crippen molar-refractivity contribution < 1.29 is 9.84 Å². The van der Waals surface area contributed by atoms with Gasteiger partial charge in [0.25, 0.3) is 0 Å². The van der Waals surface area contributed by atoms with Gasteiger partial charge < -0.3 is 19.7 Å². The number of nitrogens with zero attached hydrogens (tertiary/aromatic N) is 1. The van der Waals surface area contributed by atoms with Crippen molar-refractivity contribution in [3.05, 3.63) is 24.0 Å². The molecule has 2 rings (SSSR count). The lowest BCUT2D eigenvalue weighted by Gasteiger charge is -2.36. The molecule has 0 spiro atoms. The SMILES string of the molecule is CCCn1ccc(CNC2(CO)CCOCC2)c1. The second-order valence-corrected chi connectivity index (χ2v) is 5.16. The first kappa shape index (κ1) is 13.6. The number of rotatable bonds is 6. The molecule has 1 aliphatic heterocycles. The van der Waals surface area contributed by atoms with E-state index in [2.05, 4.69) is 35.3 Å². The topological polar surface area (TPSA) is 46.4 Å². The third kappa shape index (κ3) is 3.34. The Kier molecular flexibility index (Phi) is 4.80. The molecule has 0 aliphatic carbocycles. The molecule has 2 heterocycles. The third-order valence-corrected chi connectivity index (χ3v) is 3.71. The number of hydrogen-bond donors (Lipinski definition) is 2. The van der Waals surface area contributed by atoms with E-state index >= 15 is 0 Å². The van der Waals surface area contributed by atoms with Gasteiger partial charge in [-0.1, -0.05) is 6.92 Å². The molecule has 0 aromatic carbocycles. The van der Waals surface area contributed by atoms with Crippen molar-refractivity contribution in [3.63, 3.8) is 0 Å². The molecule has 1 aromatic rings. The summed E-state index contributed by atoms with van der Waals surface area (Å²) in [5.74, 6) is 0. The first-order valence-corrected chi connectivity index (χ1v) is 6.86. The molecule has 4 heteroatoms. The summed E-state index contributed by atoms with van der Waals surface area (Å²) in [5, 5.41) is 13.1. The largest absolute Gasteiger partial charge is 0.394 e. The van der Waals surface area contributed by atoms with Crippen molar-refractivity contribution in [1.29, 1.82) is 0 Å². The highest BCUT2D eigenvalue weighted by atomic mass is 16.5. The number of hydrogen-bond acceptors (Lipinski definition) is 3. The number of ether oxygens (including phenoxy) is 1. The van der Waals surface area contributed by atoms with Crippen LogP contribution in [0.4, 0.5) is 0 Å². The molecule has 1 aromatic heterocycles. The van der Waals surface area contributed by atoms with Crippen LogP contribution in [0.3, 0.4) is 0 Å². The van der Waals surface area contributed by atoms with Gasteiger partial charge in [-0.25, -0.2) is 0 Å². The Morgan fingerprint density at radius 3 is 2.89 bits per heavy atom. The molecule has 0 amide bonds. The van der Waals surface area contributed by atoms with Gasteiger partial charge in [-0.15, -0.1) is 0 Å². The molecule has 0 unspecified atom stereocenters. The average molecular weight is 252 g/mol. The van der Waals surface area contributed by atoms with Gasteiger partial charge in [-0.2, -0.15) is 0 Å². The van der Waals surface area contributed by atoms with E-state index in [1.807, 2.05) is 0 Å². The quantitative estimate of drug-likeness (QED) is 0.807. The molecule has 0 radical (unpaired) electrons. The van der Waals surface area contributed by atoms with Crippen molar-refractivity contribution in [1.82, 2.24) is 9.88 Å². The van der Waals surface area contributed by atoms with E-state index in [1.165, 1.54) is 5.56 Å². The van der Waals surface area contributed by atoms with E-state index in [4.69, 9.17) is 4.74 Å². The van der Waals surface area contributed by atoms with Crippen LogP contribution < -0.4 is 5.32 Å². The van der Waals surface area contributed by atoms with E-state index in [9.17, 15) is 5.11 Å². The highest BCUT2D eigenvalue weighted by Crippen LogP contribution is 2.20. The fraction of sp³-hybridized carbons (Fsp3) is 0.714. The summed E-state index contributed by atoms with van der Waals surface area (Å²) in [6.45, 7) is 5.73. The molecule has 0 saturated carbocycles. The molecule has 1 fully saturated rings. The fourth-order valence-corrected chi connectivity index (χ4v) is 2.43. The first-order valence-electron chi connectivity index (χ1n) is 6.86. The summed E-state index contributed by atoms with van der Waals surface area (Å²) in [5.41, 5.74) is 1.13. The van der Waals surface area contributed by atoms with E-state index < -0.39 is 0 Å². The van der Waals surface area contributed by atoms with Crippen molar-refractivity contribution >= 4 is 0 Å². The van der Waals surface area contributed by atoms with Gasteiger partial charge in [0, 0.05) is 44.2 Å². The van der Waals surface area contributed by atoms with Gasteiger partial charge in [-0.05, 0) is 30.9 Å². The average Bonchev–Trinajstić information content (AvgIpc) is 2.86. The van der Waals surface area contributed by atoms with Crippen LogP contribution in [-0.2, 0) is 17.8 Å². The van der Waals surface area contributed by atoms with Crippen LogP contribution in [0.1, 0.15) is 31.7 Å². The summed E-state index contributed by atoms with van der Waals surface area (Å²) < 4.78 is 7.57. The molecule has 1 aliphatic rings. The Morgan fingerprint density at radius 2 is 2.22 bits per heavy atom. The van der Waals surface area contributed by atoms with Crippen LogP contribution in [0, 0.1) is 0 Å². The minimum absolute atomic E-state index is 0.148. The van der Waals surface area contributed by atoms with Crippen molar-refractivity contribution in [2.24, 2.45) is 0 Å². The van der Waals surface area contributed by atoms with E-state index in [-0.39, 0.29) is 12.1 Å². The summed E-state index contributed by atoms with van der Waals surface area (Å²) in [4.78, 5) is 0. The van der Waals surface area contributed by atoms with Crippen LogP contribution in [0.2, 0.25) is 0 Å². The summed E-state index contributed by atoms with van der Waals surface area (Å²) in [6.07, 6.45) is 7.23. The van der Waals surface area contributed by atoms with Crippen LogP contribution in [0.15, 0.2) is 18.5 Å². The van der Waals surface area contributed by atoms with E-state index in [0.29, 0.717) is 0 Å². The second-order valence-electron chi connectivity index (χ2n) is 5.16. The van der Waals surface area contributed by atoms with Crippen LogP contribution >= 0.6 is 0 Å². The zero-order chi connectivity index (χ0) is 12.8. The van der Waals surface area contributed by atoms with Gasteiger partial charge in [-0.3, -0.25) is 0 Å². The lowest BCUT2D eigenvalue weighted by molar-refractivity contribution is 0.0112. The summed E-state index contributed by atoms with van der Waals surface area (Å²) >= 11 is 0. The molecule has 4 nitrogen and oxygen atoms in total. The van der Waals surface area contributed by atoms with Gasteiger partial charge in [0.05, 0.1) is 6.61 Å². The van der Waals surface area contributed by atoms with Crippen LogP contribution in [0.5, 0.6) is 0 Å². The maximum Gasteiger partial charge on any atom is 0.0615 e. The van der Waals surface area contributed by atoms with Gasteiger partial charge in [0.15, 0.2) is 0 Å². The van der Waals surface area contributed by atoms with Gasteiger partial charge in [0.2, 0.25) is 0 Å². The van der Waals surface area contributed by atoms with Crippen LogP contribution in [0.25, 0.3) is 0 Å². The van der Waals surface area contributed by atoms with Crippen molar-refractivity contribution in [3.8, 4) is 0 Å². The van der Waals surface area contributed by atoms with Crippen LogP contribution in [-0.4, -0.2) is 35.0 Å². The standard InChI is InChI=1S/C14H24N2O2/c1-2-6-16-7-3-13(11-16)10-15-14(12-17)4-8-18-9-5-14/h3,7,11,15,17H,2,4-6,8-10,12H2,1H3. The van der Waals surface area contributed by atoms with Crippen molar-refractivity contribution in [2.75, 3.05) is 19.8 Å². The van der Waals surface area contributed by atoms with Gasteiger partial charge in [0.1, 0.15) is 0 Å². The number of aliphatic hydroxyl groups is 1. The second kappa shape index (κ2) is 6.36. The minimum atomic E-state index is -0.148. The van der Waals surface area contributed by atoms with E-state index in [1.54, 1.807) is 0 Å². The Morgan fingerprint density at radius 1 is 1.44 bits per heavy atom. The maximum atomic E-state index is 9.59. The normalized spacial score (nSPS) is 19.0. The molecule has 0 atom stereocenters. The molecular weight excluding hydrogens is 228 g/mol. The van der Waals surface area contributed by atoms with Gasteiger partial charge >= 0.3 is 0 Å². The minimum Gasteiger partial charge on any atom is -0.394 e. The van der Waals surface area contributed by atoms with Crippen molar-refractivity contribution in [2.45, 2.75) is 44.8 Å². The summed E-state index contributed by atoms with van der Waals surface area (Å²) in [6, 6.07) is 2.15. The highest BCUT2D eigenvalue weighted by molar-refractivity contribution is 5.11. The zero-order valence-electron chi connectivity index (χ0n) is 11.2. The number of aryl methyl sites for hydroxylation is 1. The molecular formula is C14H24N2O2. The Hall–Kier alpha value is -0.840. The maximum absolute atomic E-state index is 9.59. The monoisotopic (exact) mass is 252 g/mol. The number of aromatic nitrogens is 1. The smallest absolute Gasteiger partial charge is 0.0615 e. The number of aliphatic hydroxyl groups excluding tert-OH is 1. The zero-order valence-corrected chi connectivity index (χ0v) is 11.2. The Bertz CT molecular complexity index is 356. The lowest BCUT2D eigenvalue weighted by Crippen LogP contribution is -2.51. The molecule has 2 N–H and O–H groups in total. The predicted octanol–water partition coefficient (Wildman–Crippen LogP) is 1.53. The third-order valence-electron chi connectivity index (χ3n) is 3.71. The highest BCUT2D eigenvalue weighted by Gasteiger charge is 2.31. The molecule has 18 heavy (non-hydrogen) atoms. The predicted molar refractivity (Wildman–Crippen MR) is 71.4 cm³/mol. The first-order chi connectivity index (χ1) is 8.78. The lowest BCUT2D eigenvalue weighted by atomic mass is 9.91. The summed E-state index contributed by atoms with van der Waals surface area (Å²) in [7, 11) is 0. The molecule has 0 bridgehead atoms. The molecule has 102 valence electrons. The Balaban J connectivity index is 1.88.